The molecule has 0 atom stereocenters. The van der Waals surface area contributed by atoms with Gasteiger partial charge in [-0.15, -0.1) is 0 Å². The average molecular weight is 301 g/mol. The first-order valence-electron chi connectivity index (χ1n) is 6.26. The fraction of sp³-hybridized carbons (Fsp3) is 0.0625. The summed E-state index contributed by atoms with van der Waals surface area (Å²) in [4.78, 5) is 0.428. The molecule has 0 saturated carbocycles. The van der Waals surface area contributed by atoms with E-state index < -0.39 is 0 Å². The highest BCUT2D eigenvalue weighted by Gasteiger charge is 2.04. The lowest BCUT2D eigenvalue weighted by Crippen LogP contribution is -2.08. The number of thiocarbonyl (C=S) groups is 1. The van der Waals surface area contributed by atoms with E-state index >= 15 is 0 Å². The van der Waals surface area contributed by atoms with Crippen LogP contribution in [-0.4, -0.2) is 9.56 Å². The van der Waals surface area contributed by atoms with Gasteiger partial charge < -0.3 is 10.3 Å². The molecule has 0 aliphatic rings. The Kier molecular flexibility index (Phi) is 3.47. The van der Waals surface area contributed by atoms with Gasteiger partial charge >= 0.3 is 0 Å². The molecule has 2 nitrogen and oxygen atoms in total. The van der Waals surface area contributed by atoms with E-state index in [1.165, 1.54) is 11.1 Å². The summed E-state index contributed by atoms with van der Waals surface area (Å²) in [5.41, 5.74) is 8.94. The minimum Gasteiger partial charge on any atom is -0.389 e. The third kappa shape index (κ3) is 2.55. The van der Waals surface area contributed by atoms with Crippen molar-refractivity contribution in [2.75, 3.05) is 0 Å². The van der Waals surface area contributed by atoms with Gasteiger partial charge in [0.05, 0.1) is 0 Å². The molecule has 0 spiro atoms. The summed E-state index contributed by atoms with van der Waals surface area (Å²) in [5, 5.41) is 1.90. The van der Waals surface area contributed by atoms with Gasteiger partial charge in [0.2, 0.25) is 0 Å². The monoisotopic (exact) mass is 300 g/mol. The van der Waals surface area contributed by atoms with Gasteiger partial charge in [-0.05, 0) is 42.0 Å². The van der Waals surface area contributed by atoms with Crippen molar-refractivity contribution < 1.29 is 0 Å². The molecule has 3 aromatic rings. The first kappa shape index (κ1) is 13.2. The molecule has 0 aliphatic heterocycles. The Labute approximate surface area is 127 Å². The second-order valence-electron chi connectivity index (χ2n) is 4.71. The molecule has 0 aliphatic carbocycles. The minimum absolute atomic E-state index is 0.428. The number of nitrogens with zero attached hydrogens (tertiary/aromatic N) is 1. The highest BCUT2D eigenvalue weighted by atomic mass is 35.5. The summed E-state index contributed by atoms with van der Waals surface area (Å²) in [5.74, 6) is 0. The van der Waals surface area contributed by atoms with Crippen LogP contribution in [0.4, 0.5) is 0 Å². The minimum atomic E-state index is 0.428. The van der Waals surface area contributed by atoms with Crippen LogP contribution in [0.5, 0.6) is 0 Å². The van der Waals surface area contributed by atoms with Gasteiger partial charge in [0, 0.05) is 34.2 Å². The topological polar surface area (TPSA) is 30.9 Å². The second kappa shape index (κ2) is 5.27. The molecule has 0 saturated heterocycles. The maximum Gasteiger partial charge on any atom is 0.104 e. The van der Waals surface area contributed by atoms with Crippen LogP contribution in [0.1, 0.15) is 11.1 Å². The smallest absolute Gasteiger partial charge is 0.104 e. The Hall–Kier alpha value is -1.84. The second-order valence-corrected chi connectivity index (χ2v) is 5.58. The molecular weight excluding hydrogens is 288 g/mol. The number of benzene rings is 2. The fourth-order valence-corrected chi connectivity index (χ4v) is 2.53. The van der Waals surface area contributed by atoms with Crippen molar-refractivity contribution in [1.82, 2.24) is 4.57 Å². The van der Waals surface area contributed by atoms with E-state index in [2.05, 4.69) is 22.9 Å². The zero-order chi connectivity index (χ0) is 14.1. The molecule has 20 heavy (non-hydrogen) atoms. The summed E-state index contributed by atoms with van der Waals surface area (Å²) in [6.45, 7) is 0.813. The van der Waals surface area contributed by atoms with Crippen molar-refractivity contribution in [3.05, 3.63) is 70.9 Å². The van der Waals surface area contributed by atoms with E-state index in [4.69, 9.17) is 29.6 Å². The molecule has 1 heterocycles. The largest absolute Gasteiger partial charge is 0.389 e. The number of fused-ring (bicyclic) bond motifs is 1. The predicted octanol–water partition coefficient (Wildman–Crippen LogP) is 3.98. The third-order valence-electron chi connectivity index (χ3n) is 3.32. The molecule has 1 aromatic heterocycles. The maximum atomic E-state index is 5.90. The van der Waals surface area contributed by atoms with Crippen LogP contribution in [-0.2, 0) is 6.54 Å². The Bertz CT molecular complexity index is 775. The summed E-state index contributed by atoms with van der Waals surface area (Å²) >= 11 is 10.9. The van der Waals surface area contributed by atoms with Crippen molar-refractivity contribution in [2.45, 2.75) is 6.54 Å². The van der Waals surface area contributed by atoms with E-state index in [0.717, 1.165) is 22.5 Å². The van der Waals surface area contributed by atoms with Crippen molar-refractivity contribution in [2.24, 2.45) is 5.73 Å². The number of nitrogens with two attached hydrogens (primary N) is 1. The van der Waals surface area contributed by atoms with Gasteiger partial charge in [-0.25, -0.2) is 0 Å². The van der Waals surface area contributed by atoms with Crippen LogP contribution in [0.15, 0.2) is 54.7 Å². The standard InChI is InChI=1S/C16H13ClN2S/c17-14-4-1-11(2-5-14)10-19-8-7-12-9-13(16(18)20)3-6-15(12)19/h1-9H,10H2,(H2,18,20). The SMILES string of the molecule is NC(=S)c1ccc2c(ccn2Cc2ccc(Cl)cc2)c1. The molecule has 2 N–H and O–H groups in total. The fourth-order valence-electron chi connectivity index (χ4n) is 2.28. The summed E-state index contributed by atoms with van der Waals surface area (Å²) in [6.07, 6.45) is 2.07. The molecule has 4 heteroatoms. The zero-order valence-corrected chi connectivity index (χ0v) is 12.3. The normalized spacial score (nSPS) is 10.8. The molecule has 100 valence electrons. The highest BCUT2D eigenvalue weighted by Crippen LogP contribution is 2.19. The van der Waals surface area contributed by atoms with Crippen LogP contribution in [0.25, 0.3) is 10.9 Å². The van der Waals surface area contributed by atoms with Gasteiger partial charge in [0.15, 0.2) is 0 Å². The lowest BCUT2D eigenvalue weighted by atomic mass is 10.1. The van der Waals surface area contributed by atoms with E-state index in [1.54, 1.807) is 0 Å². The van der Waals surface area contributed by atoms with Crippen LogP contribution >= 0.6 is 23.8 Å². The summed E-state index contributed by atoms with van der Waals surface area (Å²) < 4.78 is 2.20. The number of rotatable bonds is 3. The van der Waals surface area contributed by atoms with Gasteiger partial charge in [0.1, 0.15) is 4.99 Å². The lowest BCUT2D eigenvalue weighted by molar-refractivity contribution is 0.837. The zero-order valence-electron chi connectivity index (χ0n) is 10.7. The van der Waals surface area contributed by atoms with Gasteiger partial charge in [0.25, 0.3) is 0 Å². The maximum absolute atomic E-state index is 5.90. The highest BCUT2D eigenvalue weighted by molar-refractivity contribution is 7.80. The van der Waals surface area contributed by atoms with E-state index in [0.29, 0.717) is 4.99 Å². The Morgan fingerprint density at radius 1 is 1.10 bits per heavy atom. The van der Waals surface area contributed by atoms with Crippen LogP contribution in [0.2, 0.25) is 5.02 Å². The first-order valence-corrected chi connectivity index (χ1v) is 7.05. The number of hydrogen-bond acceptors (Lipinski definition) is 1. The predicted molar refractivity (Wildman–Crippen MR) is 88.4 cm³/mol. The number of halogens is 1. The molecule has 0 radical (unpaired) electrons. The summed E-state index contributed by atoms with van der Waals surface area (Å²) in [7, 11) is 0. The molecule has 2 aromatic carbocycles. The van der Waals surface area contributed by atoms with Crippen LogP contribution in [0.3, 0.4) is 0 Å². The first-order chi connectivity index (χ1) is 9.63. The molecule has 0 amide bonds. The Balaban J connectivity index is 1.96. The average Bonchev–Trinajstić information content (AvgIpc) is 2.84. The van der Waals surface area contributed by atoms with Gasteiger partial charge in [-0.3, -0.25) is 0 Å². The van der Waals surface area contributed by atoms with Crippen molar-refractivity contribution in [1.29, 1.82) is 0 Å². The van der Waals surface area contributed by atoms with E-state index in [1.807, 2.05) is 36.4 Å². The lowest BCUT2D eigenvalue weighted by Gasteiger charge is -2.06. The molecule has 3 rings (SSSR count). The van der Waals surface area contributed by atoms with Crippen LogP contribution < -0.4 is 5.73 Å². The molecule has 0 fully saturated rings. The van der Waals surface area contributed by atoms with E-state index in [-0.39, 0.29) is 0 Å². The van der Waals surface area contributed by atoms with Gasteiger partial charge in [-0.1, -0.05) is 36.0 Å². The molecule has 0 bridgehead atoms. The summed E-state index contributed by atoms with van der Waals surface area (Å²) in [6, 6.07) is 16.0. The van der Waals surface area contributed by atoms with Crippen molar-refractivity contribution in [3.63, 3.8) is 0 Å². The molecule has 0 unspecified atom stereocenters. The molecular formula is C16H13ClN2S. The number of aromatic nitrogens is 1. The van der Waals surface area contributed by atoms with Crippen molar-refractivity contribution >= 4 is 39.7 Å². The van der Waals surface area contributed by atoms with Crippen LogP contribution in [0, 0.1) is 0 Å². The number of hydrogen-bond donors (Lipinski definition) is 1. The Morgan fingerprint density at radius 2 is 1.85 bits per heavy atom. The van der Waals surface area contributed by atoms with Gasteiger partial charge in [-0.2, -0.15) is 0 Å². The van der Waals surface area contributed by atoms with Crippen molar-refractivity contribution in [3.8, 4) is 0 Å². The van der Waals surface area contributed by atoms with E-state index in [9.17, 15) is 0 Å². The third-order valence-corrected chi connectivity index (χ3v) is 3.81. The Morgan fingerprint density at radius 3 is 2.55 bits per heavy atom. The quantitative estimate of drug-likeness (QED) is 0.742.